The number of benzene rings is 1. The van der Waals surface area contributed by atoms with E-state index in [1.165, 1.54) is 0 Å². The maximum absolute atomic E-state index is 6.08. The predicted molar refractivity (Wildman–Crippen MR) is 97.9 cm³/mol. The van der Waals surface area contributed by atoms with Gasteiger partial charge in [0.15, 0.2) is 5.65 Å². The average molecular weight is 345 g/mol. The van der Waals surface area contributed by atoms with Gasteiger partial charge in [-0.1, -0.05) is 31.5 Å². The molecule has 3 rings (SSSR count). The Hall–Kier alpha value is -2.18. The van der Waals surface area contributed by atoms with Crippen molar-refractivity contribution in [1.29, 1.82) is 0 Å². The highest BCUT2D eigenvalue weighted by Crippen LogP contribution is 2.22. The molecule has 0 atom stereocenters. The van der Waals surface area contributed by atoms with Crippen LogP contribution in [0, 0.1) is 0 Å². The number of rotatable bonds is 7. The van der Waals surface area contributed by atoms with Crippen molar-refractivity contribution in [2.45, 2.75) is 13.8 Å². The molecule has 0 amide bonds. The lowest BCUT2D eigenvalue weighted by Crippen LogP contribution is -2.28. The number of aromatic nitrogens is 4. The number of nitrogens with zero attached hydrogens (tertiary/aromatic N) is 5. The van der Waals surface area contributed by atoms with Crippen LogP contribution in [0.5, 0.6) is 0 Å². The molecule has 2 aromatic heterocycles. The topological polar surface area (TPSA) is 58.9 Å². The van der Waals surface area contributed by atoms with Gasteiger partial charge in [-0.15, -0.1) is 0 Å². The van der Waals surface area contributed by atoms with E-state index in [2.05, 4.69) is 39.1 Å². The van der Waals surface area contributed by atoms with Crippen LogP contribution in [0.2, 0.25) is 5.02 Å². The van der Waals surface area contributed by atoms with Crippen molar-refractivity contribution in [3.8, 4) is 5.69 Å². The van der Waals surface area contributed by atoms with Gasteiger partial charge >= 0.3 is 0 Å². The Kier molecular flexibility index (Phi) is 5.27. The van der Waals surface area contributed by atoms with Crippen LogP contribution < -0.4 is 5.32 Å². The molecule has 6 nitrogen and oxygen atoms in total. The van der Waals surface area contributed by atoms with Crippen molar-refractivity contribution in [2.75, 3.05) is 31.5 Å². The second kappa shape index (κ2) is 7.59. The van der Waals surface area contributed by atoms with Crippen LogP contribution in [0.15, 0.2) is 36.8 Å². The van der Waals surface area contributed by atoms with E-state index in [9.17, 15) is 0 Å². The second-order valence-corrected chi connectivity index (χ2v) is 5.89. The average Bonchev–Trinajstić information content (AvgIpc) is 3.03. The maximum Gasteiger partial charge on any atom is 0.168 e. The van der Waals surface area contributed by atoms with Gasteiger partial charge in [0.05, 0.1) is 17.3 Å². The summed E-state index contributed by atoms with van der Waals surface area (Å²) >= 11 is 6.08. The van der Waals surface area contributed by atoms with E-state index in [-0.39, 0.29) is 0 Å². The SMILES string of the molecule is CCN(CC)CCNc1ncnc2c1cnn2-c1cccc(Cl)c1. The monoisotopic (exact) mass is 344 g/mol. The molecule has 0 fully saturated rings. The van der Waals surface area contributed by atoms with Crippen molar-refractivity contribution in [2.24, 2.45) is 0 Å². The van der Waals surface area contributed by atoms with Crippen LogP contribution >= 0.6 is 11.6 Å². The zero-order chi connectivity index (χ0) is 16.9. The summed E-state index contributed by atoms with van der Waals surface area (Å²) in [7, 11) is 0. The molecule has 7 heteroatoms. The Labute approximate surface area is 146 Å². The quantitative estimate of drug-likeness (QED) is 0.713. The number of halogens is 1. The van der Waals surface area contributed by atoms with Crippen molar-refractivity contribution >= 4 is 28.5 Å². The number of nitrogens with one attached hydrogen (secondary N) is 1. The number of fused-ring (bicyclic) bond motifs is 1. The summed E-state index contributed by atoms with van der Waals surface area (Å²) in [6.07, 6.45) is 3.35. The van der Waals surface area contributed by atoms with Gasteiger partial charge in [-0.05, 0) is 31.3 Å². The molecule has 126 valence electrons. The Balaban J connectivity index is 1.84. The summed E-state index contributed by atoms with van der Waals surface area (Å²) < 4.78 is 1.78. The minimum absolute atomic E-state index is 0.669. The zero-order valence-corrected chi connectivity index (χ0v) is 14.7. The van der Waals surface area contributed by atoms with Crippen LogP contribution in [0.25, 0.3) is 16.7 Å². The molecular formula is C17H21ClN6. The van der Waals surface area contributed by atoms with Crippen molar-refractivity contribution in [3.63, 3.8) is 0 Å². The normalized spacial score (nSPS) is 11.3. The van der Waals surface area contributed by atoms with Gasteiger partial charge in [0.25, 0.3) is 0 Å². The highest BCUT2D eigenvalue weighted by molar-refractivity contribution is 6.30. The first-order valence-electron chi connectivity index (χ1n) is 8.13. The molecule has 2 heterocycles. The molecule has 0 radical (unpaired) electrons. The van der Waals surface area contributed by atoms with Gasteiger partial charge in [0, 0.05) is 18.1 Å². The molecule has 0 aliphatic rings. The number of hydrogen-bond donors (Lipinski definition) is 1. The van der Waals surface area contributed by atoms with Crippen LogP contribution in [0.3, 0.4) is 0 Å². The summed E-state index contributed by atoms with van der Waals surface area (Å²) in [4.78, 5) is 11.1. The van der Waals surface area contributed by atoms with Gasteiger partial charge in [-0.2, -0.15) is 5.10 Å². The first-order chi connectivity index (χ1) is 11.7. The lowest BCUT2D eigenvalue weighted by molar-refractivity contribution is 0.316. The van der Waals surface area contributed by atoms with Gasteiger partial charge in [0.2, 0.25) is 0 Å². The molecule has 0 aliphatic carbocycles. The van der Waals surface area contributed by atoms with E-state index in [4.69, 9.17) is 11.6 Å². The lowest BCUT2D eigenvalue weighted by Gasteiger charge is -2.18. The maximum atomic E-state index is 6.08. The fourth-order valence-corrected chi connectivity index (χ4v) is 2.84. The van der Waals surface area contributed by atoms with Crippen LogP contribution in [-0.4, -0.2) is 50.8 Å². The third-order valence-corrected chi connectivity index (χ3v) is 4.27. The zero-order valence-electron chi connectivity index (χ0n) is 13.9. The molecule has 0 spiro atoms. The fraction of sp³-hybridized carbons (Fsp3) is 0.353. The first-order valence-corrected chi connectivity index (χ1v) is 8.51. The van der Waals surface area contributed by atoms with Gasteiger partial charge < -0.3 is 10.2 Å². The minimum Gasteiger partial charge on any atom is -0.368 e. The third-order valence-electron chi connectivity index (χ3n) is 4.03. The largest absolute Gasteiger partial charge is 0.368 e. The van der Waals surface area contributed by atoms with E-state index >= 15 is 0 Å². The number of likely N-dealkylation sites (N-methyl/N-ethyl adjacent to an activating group) is 1. The van der Waals surface area contributed by atoms with Gasteiger partial charge in [0.1, 0.15) is 12.1 Å². The third kappa shape index (κ3) is 3.49. The fourth-order valence-electron chi connectivity index (χ4n) is 2.65. The summed E-state index contributed by atoms with van der Waals surface area (Å²) in [6.45, 7) is 8.23. The van der Waals surface area contributed by atoms with Crippen molar-refractivity contribution in [1.82, 2.24) is 24.6 Å². The number of anilines is 1. The number of hydrogen-bond acceptors (Lipinski definition) is 5. The van der Waals surface area contributed by atoms with E-state index in [0.717, 1.165) is 48.7 Å². The summed E-state index contributed by atoms with van der Waals surface area (Å²) in [6, 6.07) is 7.55. The molecule has 0 unspecified atom stereocenters. The summed E-state index contributed by atoms with van der Waals surface area (Å²) in [5.41, 5.74) is 1.64. The van der Waals surface area contributed by atoms with Crippen LogP contribution in [-0.2, 0) is 0 Å². The molecule has 24 heavy (non-hydrogen) atoms. The molecule has 0 bridgehead atoms. The van der Waals surface area contributed by atoms with Crippen molar-refractivity contribution in [3.05, 3.63) is 41.8 Å². The molecule has 0 saturated carbocycles. The standard InChI is InChI=1S/C17H21ClN6/c1-3-23(4-2)9-8-19-16-15-11-22-24(17(15)21-12-20-16)14-7-5-6-13(18)10-14/h5-7,10-12H,3-4,8-9H2,1-2H3,(H,19,20,21). The molecule has 3 aromatic rings. The molecule has 0 saturated heterocycles. The van der Waals surface area contributed by atoms with E-state index < -0.39 is 0 Å². The summed E-state index contributed by atoms with van der Waals surface area (Å²) in [5, 5.41) is 9.41. The Morgan fingerprint density at radius 2 is 2.04 bits per heavy atom. The molecule has 0 aliphatic heterocycles. The van der Waals surface area contributed by atoms with Gasteiger partial charge in [-0.25, -0.2) is 14.6 Å². The Morgan fingerprint density at radius 1 is 1.21 bits per heavy atom. The highest BCUT2D eigenvalue weighted by Gasteiger charge is 2.11. The second-order valence-electron chi connectivity index (χ2n) is 5.45. The van der Waals surface area contributed by atoms with Crippen LogP contribution in [0.1, 0.15) is 13.8 Å². The van der Waals surface area contributed by atoms with Gasteiger partial charge in [-0.3, -0.25) is 0 Å². The Bertz CT molecular complexity index is 812. The molecular weight excluding hydrogens is 324 g/mol. The van der Waals surface area contributed by atoms with E-state index in [0.29, 0.717) is 5.02 Å². The molecule has 1 aromatic carbocycles. The minimum atomic E-state index is 0.669. The first kappa shape index (κ1) is 16.7. The lowest BCUT2D eigenvalue weighted by atomic mass is 10.3. The van der Waals surface area contributed by atoms with E-state index in [1.54, 1.807) is 17.2 Å². The smallest absolute Gasteiger partial charge is 0.168 e. The van der Waals surface area contributed by atoms with Crippen molar-refractivity contribution < 1.29 is 0 Å². The Morgan fingerprint density at radius 3 is 2.79 bits per heavy atom. The van der Waals surface area contributed by atoms with Crippen LogP contribution in [0.4, 0.5) is 5.82 Å². The predicted octanol–water partition coefficient (Wildman–Crippen LogP) is 3.22. The summed E-state index contributed by atoms with van der Waals surface area (Å²) in [5.74, 6) is 0.806. The highest BCUT2D eigenvalue weighted by atomic mass is 35.5. The van der Waals surface area contributed by atoms with E-state index in [1.807, 2.05) is 24.3 Å². The molecule has 1 N–H and O–H groups in total.